The van der Waals surface area contributed by atoms with Crippen molar-refractivity contribution in [2.45, 2.75) is 25.8 Å². The first-order chi connectivity index (χ1) is 5.71. The molecule has 2 rings (SSSR count). The SMILES string of the molecule is Cc1ccc(C2(C)CCN2)cn1. The number of rotatable bonds is 1. The molecule has 0 amide bonds. The molecule has 1 aliphatic heterocycles. The van der Waals surface area contributed by atoms with Crippen LogP contribution in [0.25, 0.3) is 0 Å². The quantitative estimate of drug-likeness (QED) is 0.678. The molecular weight excluding hydrogens is 148 g/mol. The summed E-state index contributed by atoms with van der Waals surface area (Å²) in [5, 5.41) is 3.42. The summed E-state index contributed by atoms with van der Waals surface area (Å²) in [6.07, 6.45) is 3.19. The summed E-state index contributed by atoms with van der Waals surface area (Å²) in [4.78, 5) is 4.29. The predicted octanol–water partition coefficient (Wildman–Crippen LogP) is 1.60. The minimum absolute atomic E-state index is 0.195. The van der Waals surface area contributed by atoms with Crippen molar-refractivity contribution in [3.63, 3.8) is 0 Å². The van der Waals surface area contributed by atoms with Crippen LogP contribution < -0.4 is 5.32 Å². The Morgan fingerprint density at radius 3 is 2.67 bits per heavy atom. The lowest BCUT2D eigenvalue weighted by Gasteiger charge is -2.40. The van der Waals surface area contributed by atoms with Crippen LogP contribution in [0.5, 0.6) is 0 Å². The minimum atomic E-state index is 0.195. The van der Waals surface area contributed by atoms with Gasteiger partial charge in [0.2, 0.25) is 0 Å². The molecule has 0 bridgehead atoms. The van der Waals surface area contributed by atoms with Gasteiger partial charge in [0.15, 0.2) is 0 Å². The van der Waals surface area contributed by atoms with Crippen LogP contribution in [0, 0.1) is 6.92 Å². The second kappa shape index (κ2) is 2.56. The van der Waals surface area contributed by atoms with Gasteiger partial charge in [-0.05, 0) is 38.4 Å². The summed E-state index contributed by atoms with van der Waals surface area (Å²) >= 11 is 0. The normalized spacial score (nSPS) is 28.2. The highest BCUT2D eigenvalue weighted by atomic mass is 15.0. The molecule has 1 saturated heterocycles. The Labute approximate surface area is 73.0 Å². The maximum atomic E-state index is 4.29. The van der Waals surface area contributed by atoms with E-state index in [9.17, 15) is 0 Å². The molecule has 1 unspecified atom stereocenters. The van der Waals surface area contributed by atoms with Gasteiger partial charge in [-0.1, -0.05) is 6.07 Å². The van der Waals surface area contributed by atoms with Crippen molar-refractivity contribution in [1.82, 2.24) is 10.3 Å². The molecule has 12 heavy (non-hydrogen) atoms. The highest BCUT2D eigenvalue weighted by molar-refractivity contribution is 5.24. The van der Waals surface area contributed by atoms with Crippen molar-refractivity contribution < 1.29 is 0 Å². The van der Waals surface area contributed by atoms with E-state index in [0.717, 1.165) is 12.2 Å². The van der Waals surface area contributed by atoms with Crippen molar-refractivity contribution in [1.29, 1.82) is 0 Å². The first-order valence-corrected chi connectivity index (χ1v) is 4.39. The Morgan fingerprint density at radius 1 is 1.50 bits per heavy atom. The molecular formula is C10H14N2. The molecule has 2 heterocycles. The molecule has 64 valence electrons. The second-order valence-corrected chi connectivity index (χ2v) is 3.70. The lowest BCUT2D eigenvalue weighted by Crippen LogP contribution is -2.51. The van der Waals surface area contributed by atoms with E-state index >= 15 is 0 Å². The fourth-order valence-corrected chi connectivity index (χ4v) is 1.54. The van der Waals surface area contributed by atoms with Gasteiger partial charge in [0.05, 0.1) is 0 Å². The molecule has 1 N–H and O–H groups in total. The van der Waals surface area contributed by atoms with Gasteiger partial charge >= 0.3 is 0 Å². The number of pyridine rings is 1. The van der Waals surface area contributed by atoms with Gasteiger partial charge in [0.25, 0.3) is 0 Å². The lowest BCUT2D eigenvalue weighted by atomic mass is 9.84. The topological polar surface area (TPSA) is 24.9 Å². The summed E-state index contributed by atoms with van der Waals surface area (Å²) < 4.78 is 0. The molecule has 0 radical (unpaired) electrons. The van der Waals surface area contributed by atoms with Crippen LogP contribution in [-0.4, -0.2) is 11.5 Å². The average Bonchev–Trinajstić information content (AvgIpc) is 2.02. The third-order valence-electron chi connectivity index (χ3n) is 2.69. The van der Waals surface area contributed by atoms with Crippen LogP contribution in [0.2, 0.25) is 0 Å². The Morgan fingerprint density at radius 2 is 2.25 bits per heavy atom. The summed E-state index contributed by atoms with van der Waals surface area (Å²) in [7, 11) is 0. The van der Waals surface area contributed by atoms with Crippen LogP contribution >= 0.6 is 0 Å². The number of hydrogen-bond acceptors (Lipinski definition) is 2. The van der Waals surface area contributed by atoms with Crippen LogP contribution in [0.15, 0.2) is 18.3 Å². The first-order valence-electron chi connectivity index (χ1n) is 4.39. The molecule has 1 atom stereocenters. The van der Waals surface area contributed by atoms with E-state index in [4.69, 9.17) is 0 Å². The highest BCUT2D eigenvalue weighted by Crippen LogP contribution is 2.29. The van der Waals surface area contributed by atoms with Crippen molar-refractivity contribution in [2.75, 3.05) is 6.54 Å². The third kappa shape index (κ3) is 1.12. The number of nitrogens with one attached hydrogen (secondary N) is 1. The molecule has 1 aliphatic rings. The van der Waals surface area contributed by atoms with Gasteiger partial charge < -0.3 is 5.32 Å². The molecule has 1 aromatic rings. The zero-order chi connectivity index (χ0) is 8.60. The average molecular weight is 162 g/mol. The van der Waals surface area contributed by atoms with Crippen molar-refractivity contribution in [3.05, 3.63) is 29.6 Å². The van der Waals surface area contributed by atoms with E-state index in [1.807, 2.05) is 13.1 Å². The third-order valence-corrected chi connectivity index (χ3v) is 2.69. The van der Waals surface area contributed by atoms with Crippen molar-refractivity contribution >= 4 is 0 Å². The van der Waals surface area contributed by atoms with Gasteiger partial charge in [-0.2, -0.15) is 0 Å². The Balaban J connectivity index is 2.28. The Bertz CT molecular complexity index is 272. The van der Waals surface area contributed by atoms with E-state index in [1.54, 1.807) is 0 Å². The van der Waals surface area contributed by atoms with E-state index in [0.29, 0.717) is 0 Å². The minimum Gasteiger partial charge on any atom is -0.307 e. The maximum absolute atomic E-state index is 4.29. The molecule has 0 spiro atoms. The second-order valence-electron chi connectivity index (χ2n) is 3.70. The fourth-order valence-electron chi connectivity index (χ4n) is 1.54. The van der Waals surface area contributed by atoms with Gasteiger partial charge in [0, 0.05) is 17.4 Å². The van der Waals surface area contributed by atoms with Crippen molar-refractivity contribution in [2.24, 2.45) is 0 Å². The Hall–Kier alpha value is -0.890. The predicted molar refractivity (Wildman–Crippen MR) is 48.9 cm³/mol. The molecule has 0 aliphatic carbocycles. The van der Waals surface area contributed by atoms with E-state index in [1.165, 1.54) is 12.0 Å². The highest BCUT2D eigenvalue weighted by Gasteiger charge is 2.32. The smallest absolute Gasteiger partial charge is 0.0433 e. The number of aromatic nitrogens is 1. The summed E-state index contributed by atoms with van der Waals surface area (Å²) in [6.45, 7) is 5.37. The molecule has 2 heteroatoms. The first kappa shape index (κ1) is 7.74. The van der Waals surface area contributed by atoms with E-state index < -0.39 is 0 Å². The molecule has 1 aromatic heterocycles. The number of nitrogens with zero attached hydrogens (tertiary/aromatic N) is 1. The van der Waals surface area contributed by atoms with Crippen LogP contribution in [0.1, 0.15) is 24.6 Å². The largest absolute Gasteiger partial charge is 0.307 e. The standard InChI is InChI=1S/C10H14N2/c1-8-3-4-9(7-11-8)10(2)5-6-12-10/h3-4,7,12H,5-6H2,1-2H3. The number of hydrogen-bond donors (Lipinski definition) is 1. The molecule has 0 saturated carbocycles. The molecule has 2 nitrogen and oxygen atoms in total. The summed E-state index contributed by atoms with van der Waals surface area (Å²) in [5.74, 6) is 0. The fraction of sp³-hybridized carbons (Fsp3) is 0.500. The Kier molecular flexibility index (Phi) is 1.65. The summed E-state index contributed by atoms with van der Waals surface area (Å²) in [5.41, 5.74) is 2.58. The summed E-state index contributed by atoms with van der Waals surface area (Å²) in [6, 6.07) is 4.23. The maximum Gasteiger partial charge on any atom is 0.0433 e. The monoisotopic (exact) mass is 162 g/mol. The van der Waals surface area contributed by atoms with Crippen LogP contribution in [0.4, 0.5) is 0 Å². The molecule has 0 aromatic carbocycles. The van der Waals surface area contributed by atoms with Gasteiger partial charge in [-0.25, -0.2) is 0 Å². The zero-order valence-electron chi connectivity index (χ0n) is 7.59. The van der Waals surface area contributed by atoms with Gasteiger partial charge in [-0.3, -0.25) is 4.98 Å². The van der Waals surface area contributed by atoms with Crippen molar-refractivity contribution in [3.8, 4) is 0 Å². The molecule has 1 fully saturated rings. The van der Waals surface area contributed by atoms with E-state index in [2.05, 4.69) is 29.4 Å². The van der Waals surface area contributed by atoms with E-state index in [-0.39, 0.29) is 5.54 Å². The van der Waals surface area contributed by atoms with Gasteiger partial charge in [-0.15, -0.1) is 0 Å². The zero-order valence-corrected chi connectivity index (χ0v) is 7.59. The van der Waals surface area contributed by atoms with Crippen LogP contribution in [0.3, 0.4) is 0 Å². The van der Waals surface area contributed by atoms with Crippen LogP contribution in [-0.2, 0) is 5.54 Å². The van der Waals surface area contributed by atoms with Gasteiger partial charge in [0.1, 0.15) is 0 Å². The number of aryl methyl sites for hydroxylation is 1. The lowest BCUT2D eigenvalue weighted by molar-refractivity contribution is 0.236.